The number of hydrogen-bond acceptors (Lipinski definition) is 4. The highest BCUT2D eigenvalue weighted by Crippen LogP contribution is 2.21. The van der Waals surface area contributed by atoms with Crippen molar-refractivity contribution in [2.45, 2.75) is 25.9 Å². The van der Waals surface area contributed by atoms with E-state index in [1.165, 1.54) is 12.1 Å². The summed E-state index contributed by atoms with van der Waals surface area (Å²) in [5, 5.41) is 14.1. The zero-order valence-electron chi connectivity index (χ0n) is 11.5. The van der Waals surface area contributed by atoms with Gasteiger partial charge in [-0.2, -0.15) is 0 Å². The molecule has 104 valence electrons. The van der Waals surface area contributed by atoms with Crippen molar-refractivity contribution in [3.05, 3.63) is 70.0 Å². The molecule has 5 heteroatoms. The number of nitro benzene ring substituents is 1. The van der Waals surface area contributed by atoms with E-state index in [4.69, 9.17) is 0 Å². The maximum absolute atomic E-state index is 10.6. The van der Waals surface area contributed by atoms with E-state index in [9.17, 15) is 10.1 Å². The van der Waals surface area contributed by atoms with Crippen LogP contribution in [-0.4, -0.2) is 9.91 Å². The van der Waals surface area contributed by atoms with Crippen molar-refractivity contribution in [1.82, 2.24) is 10.3 Å². The predicted octanol–water partition coefficient (Wildman–Crippen LogP) is 3.40. The second-order valence-electron chi connectivity index (χ2n) is 4.74. The Kier molecular flexibility index (Phi) is 4.42. The number of non-ortho nitro benzene ring substituents is 1. The van der Waals surface area contributed by atoms with E-state index in [0.717, 1.165) is 11.1 Å². The smallest absolute Gasteiger partial charge is 0.269 e. The Morgan fingerprint density at radius 1 is 1.00 bits per heavy atom. The van der Waals surface area contributed by atoms with E-state index in [-0.39, 0.29) is 22.7 Å². The fourth-order valence-electron chi connectivity index (χ4n) is 2.10. The van der Waals surface area contributed by atoms with Crippen LogP contribution >= 0.6 is 0 Å². The maximum atomic E-state index is 10.6. The average Bonchev–Trinajstić information content (AvgIpc) is 2.48. The summed E-state index contributed by atoms with van der Waals surface area (Å²) in [5.74, 6) is 0. The molecule has 0 aliphatic carbocycles. The molecule has 1 aromatic carbocycles. The van der Waals surface area contributed by atoms with Gasteiger partial charge in [-0.25, -0.2) is 0 Å². The minimum absolute atomic E-state index is 0.110. The zero-order chi connectivity index (χ0) is 14.5. The molecule has 0 saturated heterocycles. The molecule has 0 radical (unpaired) electrons. The second-order valence-corrected chi connectivity index (χ2v) is 4.74. The lowest BCUT2D eigenvalue weighted by Gasteiger charge is -2.20. The molecule has 0 fully saturated rings. The molecule has 1 N–H and O–H groups in total. The first-order chi connectivity index (χ1) is 9.58. The van der Waals surface area contributed by atoms with Crippen LogP contribution in [-0.2, 0) is 0 Å². The van der Waals surface area contributed by atoms with Crippen molar-refractivity contribution in [2.75, 3.05) is 0 Å². The van der Waals surface area contributed by atoms with Gasteiger partial charge in [0.15, 0.2) is 0 Å². The number of hydrogen-bond donors (Lipinski definition) is 1. The molecule has 2 rings (SSSR count). The summed E-state index contributed by atoms with van der Waals surface area (Å²) in [6.07, 6.45) is 3.54. The predicted molar refractivity (Wildman–Crippen MR) is 77.3 cm³/mol. The molecule has 20 heavy (non-hydrogen) atoms. The van der Waals surface area contributed by atoms with Crippen LogP contribution in [0.3, 0.4) is 0 Å². The number of nitro groups is 1. The molecule has 0 aliphatic heterocycles. The van der Waals surface area contributed by atoms with Crippen molar-refractivity contribution >= 4 is 5.69 Å². The Morgan fingerprint density at radius 2 is 1.50 bits per heavy atom. The molecule has 1 aromatic heterocycles. The van der Waals surface area contributed by atoms with Gasteiger partial charge in [-0.05, 0) is 37.1 Å². The van der Waals surface area contributed by atoms with Crippen molar-refractivity contribution in [3.8, 4) is 0 Å². The normalized spacial score (nSPS) is 13.7. The van der Waals surface area contributed by atoms with Crippen molar-refractivity contribution in [3.63, 3.8) is 0 Å². The van der Waals surface area contributed by atoms with Gasteiger partial charge >= 0.3 is 0 Å². The molecule has 0 amide bonds. The third-order valence-corrected chi connectivity index (χ3v) is 3.31. The van der Waals surface area contributed by atoms with Crippen LogP contribution in [0.25, 0.3) is 0 Å². The van der Waals surface area contributed by atoms with Crippen LogP contribution in [0.5, 0.6) is 0 Å². The molecular formula is C15H17N3O2. The molecule has 5 nitrogen and oxygen atoms in total. The van der Waals surface area contributed by atoms with Gasteiger partial charge in [0.2, 0.25) is 0 Å². The van der Waals surface area contributed by atoms with E-state index < -0.39 is 0 Å². The summed E-state index contributed by atoms with van der Waals surface area (Å²) in [6, 6.07) is 10.9. The lowest BCUT2D eigenvalue weighted by molar-refractivity contribution is -0.384. The SMILES string of the molecule is CC(NC(C)c1ccc([N+](=O)[O-])cc1)c1ccncc1. The van der Waals surface area contributed by atoms with Gasteiger partial charge in [-0.3, -0.25) is 15.1 Å². The summed E-state index contributed by atoms with van der Waals surface area (Å²) in [4.78, 5) is 14.2. The van der Waals surface area contributed by atoms with Gasteiger partial charge in [0, 0.05) is 36.6 Å². The number of pyridine rings is 1. The first kappa shape index (κ1) is 14.1. The number of rotatable bonds is 5. The maximum Gasteiger partial charge on any atom is 0.269 e. The topological polar surface area (TPSA) is 68.1 Å². The fraction of sp³-hybridized carbons (Fsp3) is 0.267. The summed E-state index contributed by atoms with van der Waals surface area (Å²) in [5.41, 5.74) is 2.30. The second kappa shape index (κ2) is 6.25. The minimum Gasteiger partial charge on any atom is -0.304 e. The number of nitrogens with zero attached hydrogens (tertiary/aromatic N) is 2. The van der Waals surface area contributed by atoms with Crippen LogP contribution in [0.4, 0.5) is 5.69 Å². The lowest BCUT2D eigenvalue weighted by atomic mass is 10.0. The Morgan fingerprint density at radius 3 is 2.00 bits per heavy atom. The van der Waals surface area contributed by atoms with E-state index in [0.29, 0.717) is 0 Å². The summed E-state index contributed by atoms with van der Waals surface area (Å²) in [6.45, 7) is 4.12. The van der Waals surface area contributed by atoms with E-state index in [1.54, 1.807) is 24.5 Å². The van der Waals surface area contributed by atoms with Gasteiger partial charge < -0.3 is 5.32 Å². The Balaban J connectivity index is 2.04. The molecule has 0 saturated carbocycles. The third-order valence-electron chi connectivity index (χ3n) is 3.31. The van der Waals surface area contributed by atoms with E-state index in [2.05, 4.69) is 17.2 Å². The van der Waals surface area contributed by atoms with Gasteiger partial charge in [-0.1, -0.05) is 12.1 Å². The van der Waals surface area contributed by atoms with Gasteiger partial charge in [0.1, 0.15) is 0 Å². The minimum atomic E-state index is -0.387. The van der Waals surface area contributed by atoms with Crippen LogP contribution < -0.4 is 5.32 Å². The number of aromatic nitrogens is 1. The Bertz CT molecular complexity index is 569. The first-order valence-corrected chi connectivity index (χ1v) is 6.48. The average molecular weight is 271 g/mol. The van der Waals surface area contributed by atoms with Crippen molar-refractivity contribution in [2.24, 2.45) is 0 Å². The monoisotopic (exact) mass is 271 g/mol. The molecule has 0 bridgehead atoms. The molecule has 2 unspecified atom stereocenters. The zero-order valence-corrected chi connectivity index (χ0v) is 11.5. The molecule has 1 heterocycles. The van der Waals surface area contributed by atoms with Crippen LogP contribution in [0.15, 0.2) is 48.8 Å². The van der Waals surface area contributed by atoms with Crippen LogP contribution in [0.1, 0.15) is 37.1 Å². The molecule has 2 atom stereocenters. The van der Waals surface area contributed by atoms with Crippen LogP contribution in [0.2, 0.25) is 0 Å². The molecule has 0 aliphatic rings. The van der Waals surface area contributed by atoms with Gasteiger partial charge in [0.05, 0.1) is 4.92 Å². The number of nitrogens with one attached hydrogen (secondary N) is 1. The highest BCUT2D eigenvalue weighted by atomic mass is 16.6. The fourth-order valence-corrected chi connectivity index (χ4v) is 2.10. The molecule has 2 aromatic rings. The largest absolute Gasteiger partial charge is 0.304 e. The highest BCUT2D eigenvalue weighted by Gasteiger charge is 2.12. The molecular weight excluding hydrogens is 254 g/mol. The Hall–Kier alpha value is -2.27. The van der Waals surface area contributed by atoms with Gasteiger partial charge in [0.25, 0.3) is 5.69 Å². The Labute approximate surface area is 117 Å². The summed E-state index contributed by atoms with van der Waals surface area (Å²) < 4.78 is 0. The standard InChI is InChI=1S/C15H17N3O2/c1-11(13-3-5-15(6-4-13)18(19)20)17-12(2)14-7-9-16-10-8-14/h3-12,17H,1-2H3. The summed E-state index contributed by atoms with van der Waals surface area (Å²) in [7, 11) is 0. The van der Waals surface area contributed by atoms with Crippen molar-refractivity contribution < 1.29 is 4.92 Å². The first-order valence-electron chi connectivity index (χ1n) is 6.48. The van der Waals surface area contributed by atoms with E-state index in [1.807, 2.05) is 19.1 Å². The van der Waals surface area contributed by atoms with Crippen LogP contribution in [0, 0.1) is 10.1 Å². The van der Waals surface area contributed by atoms with Crippen molar-refractivity contribution in [1.29, 1.82) is 0 Å². The number of benzene rings is 1. The summed E-state index contributed by atoms with van der Waals surface area (Å²) >= 11 is 0. The molecule has 0 spiro atoms. The quantitative estimate of drug-likeness (QED) is 0.668. The van der Waals surface area contributed by atoms with E-state index >= 15 is 0 Å². The lowest BCUT2D eigenvalue weighted by Crippen LogP contribution is -2.22. The highest BCUT2D eigenvalue weighted by molar-refractivity contribution is 5.34. The third kappa shape index (κ3) is 3.39. The van der Waals surface area contributed by atoms with Gasteiger partial charge in [-0.15, -0.1) is 0 Å².